The number of methoxy groups -OCH3 is 1. The van der Waals surface area contributed by atoms with Gasteiger partial charge in [-0.25, -0.2) is 12.8 Å². The van der Waals surface area contributed by atoms with Crippen molar-refractivity contribution >= 4 is 10.0 Å². The molecule has 0 aliphatic carbocycles. The predicted molar refractivity (Wildman–Crippen MR) is 90.7 cm³/mol. The zero-order chi connectivity index (χ0) is 17.2. The molecule has 0 aromatic heterocycles. The molecule has 0 amide bonds. The van der Waals surface area contributed by atoms with Crippen LogP contribution in [0.25, 0.3) is 0 Å². The molecule has 3 rings (SSSR count). The molecule has 4 nitrogen and oxygen atoms in total. The third kappa shape index (κ3) is 3.60. The van der Waals surface area contributed by atoms with Crippen molar-refractivity contribution in [1.29, 1.82) is 0 Å². The van der Waals surface area contributed by atoms with Crippen LogP contribution in [-0.2, 0) is 15.8 Å². The van der Waals surface area contributed by atoms with E-state index in [2.05, 4.69) is 0 Å². The normalized spacial score (nSPS) is 18.7. The van der Waals surface area contributed by atoms with Crippen LogP contribution < -0.4 is 4.74 Å². The molecular formula is C18H20FNO3S. The van der Waals surface area contributed by atoms with E-state index >= 15 is 0 Å². The van der Waals surface area contributed by atoms with Crippen LogP contribution in [0.2, 0.25) is 0 Å². The highest BCUT2D eigenvalue weighted by molar-refractivity contribution is 7.88. The first kappa shape index (κ1) is 16.9. The topological polar surface area (TPSA) is 46.6 Å². The summed E-state index contributed by atoms with van der Waals surface area (Å²) in [6.07, 6.45) is 1.63. The van der Waals surface area contributed by atoms with Crippen molar-refractivity contribution < 1.29 is 17.5 Å². The van der Waals surface area contributed by atoms with Gasteiger partial charge in [0.1, 0.15) is 11.6 Å². The molecule has 6 heteroatoms. The molecule has 1 atom stereocenters. The molecule has 0 saturated carbocycles. The molecule has 1 aliphatic rings. The van der Waals surface area contributed by atoms with Crippen LogP contribution in [0.3, 0.4) is 0 Å². The van der Waals surface area contributed by atoms with Gasteiger partial charge in [-0.2, -0.15) is 4.31 Å². The maximum atomic E-state index is 13.0. The third-order valence-electron chi connectivity index (χ3n) is 4.32. The largest absolute Gasteiger partial charge is 0.497 e. The van der Waals surface area contributed by atoms with Crippen molar-refractivity contribution in [2.24, 2.45) is 0 Å². The number of ether oxygens (including phenoxy) is 1. The molecule has 24 heavy (non-hydrogen) atoms. The van der Waals surface area contributed by atoms with Gasteiger partial charge in [0, 0.05) is 12.6 Å². The summed E-state index contributed by atoms with van der Waals surface area (Å²) >= 11 is 0. The van der Waals surface area contributed by atoms with Crippen molar-refractivity contribution in [3.63, 3.8) is 0 Å². The Kier molecular flexibility index (Phi) is 4.87. The Morgan fingerprint density at radius 1 is 1.12 bits per heavy atom. The third-order valence-corrected chi connectivity index (χ3v) is 6.17. The monoisotopic (exact) mass is 349 g/mol. The first-order valence-electron chi connectivity index (χ1n) is 7.87. The van der Waals surface area contributed by atoms with Crippen LogP contribution in [0.5, 0.6) is 5.75 Å². The first-order chi connectivity index (χ1) is 11.5. The number of sulfonamides is 1. The van der Waals surface area contributed by atoms with E-state index in [1.165, 1.54) is 24.3 Å². The molecule has 0 bridgehead atoms. The van der Waals surface area contributed by atoms with E-state index in [0.717, 1.165) is 24.2 Å². The lowest BCUT2D eigenvalue weighted by Gasteiger charge is -2.24. The van der Waals surface area contributed by atoms with Gasteiger partial charge in [-0.1, -0.05) is 24.3 Å². The molecule has 128 valence electrons. The van der Waals surface area contributed by atoms with Crippen LogP contribution >= 0.6 is 0 Å². The summed E-state index contributed by atoms with van der Waals surface area (Å²) in [5.74, 6) is 0.269. The second-order valence-corrected chi connectivity index (χ2v) is 7.85. The van der Waals surface area contributed by atoms with Gasteiger partial charge >= 0.3 is 0 Å². The van der Waals surface area contributed by atoms with E-state index in [9.17, 15) is 12.8 Å². The van der Waals surface area contributed by atoms with Gasteiger partial charge in [0.2, 0.25) is 10.0 Å². The predicted octanol–water partition coefficient (Wildman–Crippen LogP) is 3.50. The van der Waals surface area contributed by atoms with Crippen molar-refractivity contribution in [3.8, 4) is 5.75 Å². The van der Waals surface area contributed by atoms with E-state index in [0.29, 0.717) is 12.1 Å². The Balaban J connectivity index is 1.81. The molecule has 1 heterocycles. The summed E-state index contributed by atoms with van der Waals surface area (Å²) in [7, 11) is -1.86. The Hall–Kier alpha value is -1.92. The Labute approximate surface area is 141 Å². The van der Waals surface area contributed by atoms with E-state index in [-0.39, 0.29) is 17.6 Å². The van der Waals surface area contributed by atoms with Crippen LogP contribution in [0.1, 0.15) is 30.0 Å². The number of hydrogen-bond acceptors (Lipinski definition) is 3. The molecule has 2 aromatic rings. The van der Waals surface area contributed by atoms with E-state index in [1.54, 1.807) is 11.4 Å². The fraction of sp³-hybridized carbons (Fsp3) is 0.333. The molecule has 0 radical (unpaired) electrons. The highest BCUT2D eigenvalue weighted by atomic mass is 32.2. The van der Waals surface area contributed by atoms with Crippen molar-refractivity contribution in [1.82, 2.24) is 4.31 Å². The number of rotatable bonds is 5. The van der Waals surface area contributed by atoms with Crippen LogP contribution in [0.4, 0.5) is 4.39 Å². The molecule has 1 fully saturated rings. The fourth-order valence-corrected chi connectivity index (χ4v) is 4.91. The fourth-order valence-electron chi connectivity index (χ4n) is 3.11. The lowest BCUT2D eigenvalue weighted by Crippen LogP contribution is -2.31. The Bertz CT molecular complexity index is 788. The van der Waals surface area contributed by atoms with Gasteiger partial charge < -0.3 is 4.74 Å². The van der Waals surface area contributed by atoms with Crippen LogP contribution in [0.15, 0.2) is 48.5 Å². The first-order valence-corrected chi connectivity index (χ1v) is 9.48. The van der Waals surface area contributed by atoms with E-state index in [1.807, 2.05) is 24.3 Å². The van der Waals surface area contributed by atoms with Gasteiger partial charge in [-0.3, -0.25) is 0 Å². The number of benzene rings is 2. The number of halogens is 1. The molecule has 2 aromatic carbocycles. The van der Waals surface area contributed by atoms with Gasteiger partial charge in [0.05, 0.1) is 12.9 Å². The summed E-state index contributed by atoms with van der Waals surface area (Å²) in [5.41, 5.74) is 1.56. The lowest BCUT2D eigenvalue weighted by atomic mass is 10.1. The highest BCUT2D eigenvalue weighted by Crippen LogP contribution is 2.35. The summed E-state index contributed by atoms with van der Waals surface area (Å²) in [5, 5.41) is 0. The van der Waals surface area contributed by atoms with Gasteiger partial charge in [0.25, 0.3) is 0 Å². The van der Waals surface area contributed by atoms with Crippen molar-refractivity contribution in [2.75, 3.05) is 13.7 Å². The van der Waals surface area contributed by atoms with Gasteiger partial charge in [0.15, 0.2) is 0 Å². The average molecular weight is 349 g/mol. The van der Waals surface area contributed by atoms with Gasteiger partial charge in [-0.15, -0.1) is 0 Å². The second kappa shape index (κ2) is 6.91. The lowest BCUT2D eigenvalue weighted by molar-refractivity contribution is 0.394. The summed E-state index contributed by atoms with van der Waals surface area (Å²) in [6.45, 7) is 0.514. The van der Waals surface area contributed by atoms with Crippen LogP contribution in [0, 0.1) is 5.82 Å². The molecule has 0 spiro atoms. The zero-order valence-electron chi connectivity index (χ0n) is 13.5. The molecular weight excluding hydrogens is 329 g/mol. The van der Waals surface area contributed by atoms with E-state index < -0.39 is 10.0 Å². The minimum absolute atomic E-state index is 0.111. The van der Waals surface area contributed by atoms with Crippen LogP contribution in [-0.4, -0.2) is 26.4 Å². The smallest absolute Gasteiger partial charge is 0.218 e. The van der Waals surface area contributed by atoms with Crippen molar-refractivity contribution in [3.05, 3.63) is 65.5 Å². The second-order valence-electron chi connectivity index (χ2n) is 5.92. The van der Waals surface area contributed by atoms with Gasteiger partial charge in [-0.05, 0) is 48.2 Å². The standard InChI is InChI=1S/C18H20FNO3S/c1-23-17-10-6-15(7-11-17)18-3-2-12-20(18)24(21,22)13-14-4-8-16(19)9-5-14/h4-11,18H,2-3,12-13H2,1H3/t18-/m0/s1. The van der Waals surface area contributed by atoms with E-state index in [4.69, 9.17) is 4.74 Å². The minimum atomic E-state index is -3.46. The molecule has 1 saturated heterocycles. The maximum absolute atomic E-state index is 13.0. The number of nitrogens with zero attached hydrogens (tertiary/aromatic N) is 1. The molecule has 1 aliphatic heterocycles. The summed E-state index contributed by atoms with van der Waals surface area (Å²) in [4.78, 5) is 0. The zero-order valence-corrected chi connectivity index (χ0v) is 14.3. The summed E-state index contributed by atoms with van der Waals surface area (Å²) in [6, 6.07) is 13.0. The number of hydrogen-bond donors (Lipinski definition) is 0. The average Bonchev–Trinajstić information content (AvgIpc) is 3.07. The SMILES string of the molecule is COc1ccc([C@@H]2CCCN2S(=O)(=O)Cc2ccc(F)cc2)cc1. The Morgan fingerprint density at radius 3 is 2.42 bits per heavy atom. The minimum Gasteiger partial charge on any atom is -0.497 e. The maximum Gasteiger partial charge on any atom is 0.218 e. The Morgan fingerprint density at radius 2 is 1.79 bits per heavy atom. The molecule has 0 N–H and O–H groups in total. The molecule has 0 unspecified atom stereocenters. The highest BCUT2D eigenvalue weighted by Gasteiger charge is 2.35. The summed E-state index contributed by atoms with van der Waals surface area (Å²) < 4.78 is 45.3. The quantitative estimate of drug-likeness (QED) is 0.830. The van der Waals surface area contributed by atoms with Crippen molar-refractivity contribution in [2.45, 2.75) is 24.6 Å².